The number of rotatable bonds is 10. The summed E-state index contributed by atoms with van der Waals surface area (Å²) >= 11 is 0. The summed E-state index contributed by atoms with van der Waals surface area (Å²) in [4.78, 5) is 175. The minimum atomic E-state index is -1.78. The van der Waals surface area contributed by atoms with Gasteiger partial charge in [-0.15, -0.1) is 0 Å². The van der Waals surface area contributed by atoms with Crippen molar-refractivity contribution in [1.29, 1.82) is 0 Å². The van der Waals surface area contributed by atoms with Gasteiger partial charge in [-0.05, 0) is 94.1 Å². The fourth-order valence-corrected chi connectivity index (χ4v) is 15.8. The summed E-state index contributed by atoms with van der Waals surface area (Å²) in [6.07, 6.45) is -10.3. The van der Waals surface area contributed by atoms with Gasteiger partial charge in [-0.2, -0.15) is 0 Å². The summed E-state index contributed by atoms with van der Waals surface area (Å²) in [5, 5.41) is 89.9. The van der Waals surface area contributed by atoms with Crippen LogP contribution in [0.5, 0.6) is 0 Å². The molecule has 107 heavy (non-hydrogen) atoms. The monoisotopic (exact) mass is 1500 g/mol. The summed E-state index contributed by atoms with van der Waals surface area (Å²) in [5.74, 6) is -12.1. The molecule has 0 bridgehead atoms. The number of nitrogens with zero attached hydrogens (tertiary/aromatic N) is 4. The summed E-state index contributed by atoms with van der Waals surface area (Å²) in [6, 6.07) is -1.42. The summed E-state index contributed by atoms with van der Waals surface area (Å²) in [5.41, 5.74) is -0.776. The molecule has 0 unspecified atom stereocenters. The molecule has 6 fully saturated rings. The predicted molar refractivity (Wildman–Crippen MR) is 385 cm³/mol. The van der Waals surface area contributed by atoms with E-state index in [2.05, 4.69) is 42.5 Å². The van der Waals surface area contributed by atoms with E-state index in [4.69, 9.17) is 9.47 Å². The number of anilines is 2. The molecule has 10 amide bonds. The smallest absolute Gasteiger partial charge is 0.329 e. The van der Waals surface area contributed by atoms with Crippen LogP contribution >= 0.6 is 0 Å². The maximum Gasteiger partial charge on any atom is 0.329 e. The van der Waals surface area contributed by atoms with Crippen LogP contribution in [-0.4, -0.2) is 244 Å². The van der Waals surface area contributed by atoms with Gasteiger partial charge in [0.25, 0.3) is 11.8 Å². The number of hydrogen-bond donors (Lipinski definition) is 14. The first kappa shape index (κ1) is 82.5. The summed E-state index contributed by atoms with van der Waals surface area (Å²) < 4.78 is 11.7. The van der Waals surface area contributed by atoms with Crippen molar-refractivity contribution in [3.05, 3.63) is 59.2 Å². The zero-order chi connectivity index (χ0) is 79.1. The van der Waals surface area contributed by atoms with Crippen LogP contribution < -0.4 is 42.5 Å². The molecule has 32 heteroatoms. The minimum absolute atomic E-state index is 0.0262. The molecule has 10 rings (SSSR count). The number of esters is 2. The largest absolute Gasteiger partial charge is 0.450 e. The van der Waals surface area contributed by atoms with E-state index in [1.807, 2.05) is 40.7 Å². The van der Waals surface area contributed by atoms with Gasteiger partial charge in [-0.1, -0.05) is 119 Å². The fraction of sp³-hybridized carbons (Fsp3) is 0.680. The standard InChI is InChI=1S/C38H56N6O10.C37H54N6O10/c1-17(2)13-25-31(47)42-29(21(8)45)34(50)44-27(16-38(53)23-14-20(7)9-10-24(23)40-37(38)44)33(49)41-28(18(3)4)36(52)54-30(19(5)6)35(51)43-12-11-22(46)15-26(43)32(48)39-25;1-17(2)14-24-30(46)41-28(20(7)44)33(49)43-26(16-37(52)22-10-8-9-11-23(22)39-36(37)43)32(48)40-27(18(3)4)35(51)53-29(19(5)6)34(50)42-13-12-21(45)15-25(42)31(47)38-24/h9-10,14,17-19,21-22,25-30,37,40,45-46,53H,11-13,15-16H2,1-8H3,(H,39,48)(H,41,49)(H,42,47);8-11,17-21,24-29,36,39,44-45,52H,12-16H2,1-7H3,(H,38,47)(H,40,48)(H,41,46)/t21-,22-,25-,26+,27-,28+,29+,30-,37-,38+;20-,21-,24-,25+,26-,27+,28+,29-,36-,37+/m11/s1. The highest BCUT2D eigenvalue weighted by molar-refractivity contribution is 6.01. The van der Waals surface area contributed by atoms with Crippen LogP contribution in [0.4, 0.5) is 11.4 Å². The third-order valence-electron chi connectivity index (χ3n) is 21.6. The topological polar surface area (TPSA) is 454 Å². The number of amides is 10. The van der Waals surface area contributed by atoms with Gasteiger partial charge in [0.05, 0.1) is 24.4 Å². The normalized spacial score (nSPS) is 33.3. The molecule has 0 radical (unpaired) electrons. The van der Waals surface area contributed by atoms with E-state index in [1.54, 1.807) is 91.8 Å². The number of ether oxygens (including phenoxy) is 2. The number of para-hydroxylation sites is 1. The Morgan fingerprint density at radius 2 is 0.804 bits per heavy atom. The first-order valence-electron chi connectivity index (χ1n) is 37.5. The number of nitrogens with one attached hydrogen (secondary N) is 8. The highest BCUT2D eigenvalue weighted by Crippen LogP contribution is 2.51. The molecule has 2 aromatic rings. The zero-order valence-corrected chi connectivity index (χ0v) is 63.7. The number of aliphatic hydroxyl groups excluding tert-OH is 4. The second kappa shape index (κ2) is 33.1. The lowest BCUT2D eigenvalue weighted by Gasteiger charge is -2.40. The zero-order valence-electron chi connectivity index (χ0n) is 63.7. The second-order valence-electron chi connectivity index (χ2n) is 32.4. The van der Waals surface area contributed by atoms with E-state index in [1.165, 1.54) is 23.6 Å². The first-order valence-corrected chi connectivity index (χ1v) is 37.5. The lowest BCUT2D eigenvalue weighted by Crippen LogP contribution is -2.64. The molecule has 0 spiro atoms. The highest BCUT2D eigenvalue weighted by atomic mass is 16.6. The van der Waals surface area contributed by atoms with Gasteiger partial charge in [0.1, 0.15) is 84.0 Å². The Balaban J connectivity index is 0.000000247. The number of hydrogen-bond acceptors (Lipinski definition) is 22. The maximum atomic E-state index is 14.7. The second-order valence-corrected chi connectivity index (χ2v) is 32.4. The van der Waals surface area contributed by atoms with E-state index >= 15 is 0 Å². The molecule has 0 aromatic heterocycles. The number of carbonyl (C=O) groups excluding carboxylic acids is 12. The highest BCUT2D eigenvalue weighted by Gasteiger charge is 2.64. The number of benzene rings is 2. The van der Waals surface area contributed by atoms with Gasteiger partial charge in [-0.3, -0.25) is 47.9 Å². The number of piperidine rings is 2. The van der Waals surface area contributed by atoms with Crippen molar-refractivity contribution in [1.82, 2.24) is 51.5 Å². The Morgan fingerprint density at radius 1 is 0.439 bits per heavy atom. The van der Waals surface area contributed by atoms with Crippen molar-refractivity contribution >= 4 is 82.4 Å². The minimum Gasteiger partial charge on any atom is -0.450 e. The Kier molecular flexibility index (Phi) is 25.5. The molecule has 20 atom stereocenters. The molecule has 14 N–H and O–H groups in total. The number of aliphatic hydroxyl groups is 6. The van der Waals surface area contributed by atoms with Crippen LogP contribution in [0.25, 0.3) is 0 Å². The van der Waals surface area contributed by atoms with Crippen LogP contribution in [0.2, 0.25) is 0 Å². The number of aryl methyl sites for hydroxylation is 1. The third-order valence-corrected chi connectivity index (χ3v) is 21.6. The van der Waals surface area contributed by atoms with E-state index in [9.17, 15) is 88.2 Å². The lowest BCUT2D eigenvalue weighted by molar-refractivity contribution is -0.170. The van der Waals surface area contributed by atoms with Gasteiger partial charge in [-0.25, -0.2) is 9.59 Å². The average Bonchev–Trinajstić information content (AvgIpc) is 1.56. The molecule has 8 heterocycles. The molecular formula is C75H110N12O20. The third kappa shape index (κ3) is 17.2. The van der Waals surface area contributed by atoms with Crippen molar-refractivity contribution in [3.63, 3.8) is 0 Å². The van der Waals surface area contributed by atoms with Crippen LogP contribution in [0, 0.1) is 42.4 Å². The van der Waals surface area contributed by atoms with Crippen molar-refractivity contribution in [2.45, 2.75) is 276 Å². The molecule has 0 saturated carbocycles. The Labute approximate surface area is 623 Å². The van der Waals surface area contributed by atoms with E-state index in [-0.39, 0.29) is 76.3 Å². The predicted octanol–water partition coefficient (Wildman–Crippen LogP) is -0.297. The molecule has 8 aliphatic rings. The summed E-state index contributed by atoms with van der Waals surface area (Å²) in [7, 11) is 0. The van der Waals surface area contributed by atoms with Crippen LogP contribution in [0.3, 0.4) is 0 Å². The molecule has 2 aromatic carbocycles. The van der Waals surface area contributed by atoms with Crippen LogP contribution in [0.1, 0.15) is 165 Å². The maximum absolute atomic E-state index is 14.7. The van der Waals surface area contributed by atoms with Crippen LogP contribution in [-0.2, 0) is 78.2 Å². The Morgan fingerprint density at radius 3 is 1.18 bits per heavy atom. The number of fused-ring (bicyclic) bond motifs is 12. The fourth-order valence-electron chi connectivity index (χ4n) is 15.8. The molecule has 0 aliphatic carbocycles. The van der Waals surface area contributed by atoms with Gasteiger partial charge in [0, 0.05) is 61.3 Å². The summed E-state index contributed by atoms with van der Waals surface area (Å²) in [6.45, 7) is 25.1. The first-order chi connectivity index (χ1) is 50.1. The van der Waals surface area contributed by atoms with Crippen LogP contribution in [0.15, 0.2) is 42.5 Å². The van der Waals surface area contributed by atoms with Gasteiger partial charge < -0.3 is 102 Å². The molecule has 590 valence electrons. The Bertz CT molecular complexity index is 3720. The molecule has 8 aliphatic heterocycles. The Hall–Kier alpha value is -8.56. The average molecular weight is 1500 g/mol. The van der Waals surface area contributed by atoms with E-state index < -0.39 is 215 Å². The van der Waals surface area contributed by atoms with Crippen molar-refractivity contribution < 1.29 is 97.6 Å². The molecular weight excluding hydrogens is 1390 g/mol. The van der Waals surface area contributed by atoms with Crippen molar-refractivity contribution in [3.8, 4) is 0 Å². The van der Waals surface area contributed by atoms with Crippen molar-refractivity contribution in [2.75, 3.05) is 23.7 Å². The van der Waals surface area contributed by atoms with E-state index in [0.29, 0.717) is 22.5 Å². The van der Waals surface area contributed by atoms with Gasteiger partial charge in [0.2, 0.25) is 47.3 Å². The quantitative estimate of drug-likeness (QED) is 0.136. The lowest BCUT2D eigenvalue weighted by atomic mass is 9.90. The van der Waals surface area contributed by atoms with Gasteiger partial charge >= 0.3 is 11.9 Å². The van der Waals surface area contributed by atoms with Crippen molar-refractivity contribution in [2.24, 2.45) is 35.5 Å². The van der Waals surface area contributed by atoms with E-state index in [0.717, 1.165) is 15.4 Å². The SMILES string of the molecule is CC(C)C[C@H]1NC(=O)[C@@H]2C[C@H](O)CCN2C(=O)[C@@H](C(C)C)OC(=O)[C@H](C(C)C)NC(=O)[C@H]2C[C@]3(O)c4ccccc4N[C@@H]3N2C(=O)[C@H]([C@@H](C)O)NC1=O.Cc1ccc2c(c1)[C@@]1(O)C[C@@H]3C(=O)N[C@@H](C(C)C)C(=O)O[C@H](C(C)C)C(=O)N4CC[C@@H](O)C[C@H]4C(=O)N[C@H](CC(C)C)C(=O)N[C@@H]([C@@H](C)O)C(=O)N3[C@H]1N2. The van der Waals surface area contributed by atoms with Gasteiger partial charge in [0.15, 0.2) is 12.2 Å². The molecule has 32 nitrogen and oxygen atoms in total. The molecule has 6 saturated heterocycles. The number of cyclic esters (lactones) is 2. The number of carbonyl (C=O) groups is 12.